The molecule has 3 N–H and O–H groups in total. The lowest BCUT2D eigenvalue weighted by Crippen LogP contribution is -2.01. The molecule has 2 heterocycles. The molecule has 0 atom stereocenters. The maximum absolute atomic E-state index is 11.1. The topological polar surface area (TPSA) is 73.6 Å². The Labute approximate surface area is 103 Å². The molecule has 0 aliphatic rings. The van der Waals surface area contributed by atoms with E-state index in [1.165, 1.54) is 6.07 Å². The molecule has 0 unspecified atom stereocenters. The van der Waals surface area contributed by atoms with Gasteiger partial charge >= 0.3 is 0 Å². The predicted molar refractivity (Wildman–Crippen MR) is 71.7 cm³/mol. The summed E-state index contributed by atoms with van der Waals surface area (Å²) >= 11 is 0. The molecule has 0 fully saturated rings. The lowest BCUT2D eigenvalue weighted by atomic mass is 10.1. The second-order valence-electron chi connectivity index (χ2n) is 4.02. The van der Waals surface area contributed by atoms with Crippen LogP contribution in [-0.4, -0.2) is 22.2 Å². The number of hydrogen-bond acceptors (Lipinski definition) is 3. The molecule has 0 radical (unpaired) electrons. The van der Waals surface area contributed by atoms with E-state index >= 15 is 0 Å². The van der Waals surface area contributed by atoms with Crippen molar-refractivity contribution < 1.29 is 0 Å². The smallest absolute Gasteiger partial charge is 0.247 e. The van der Waals surface area contributed by atoms with Gasteiger partial charge in [0.1, 0.15) is 5.69 Å². The van der Waals surface area contributed by atoms with Crippen LogP contribution >= 0.6 is 0 Å². The number of fused-ring (bicyclic) bond motifs is 1. The first-order valence-electron chi connectivity index (χ1n) is 5.63. The van der Waals surface area contributed by atoms with Crippen LogP contribution in [-0.2, 0) is 0 Å². The first-order chi connectivity index (χ1) is 8.78. The average molecular weight is 240 g/mol. The Kier molecular flexibility index (Phi) is 2.37. The Balaban J connectivity index is 2.22. The molecule has 0 amide bonds. The molecular formula is C13H12N4O. The first-order valence-corrected chi connectivity index (χ1v) is 5.63. The highest BCUT2D eigenvalue weighted by molar-refractivity contribution is 5.94. The van der Waals surface area contributed by atoms with Crippen molar-refractivity contribution in [3.8, 4) is 11.3 Å². The molecule has 0 aliphatic heterocycles. The van der Waals surface area contributed by atoms with Crippen LogP contribution in [0.2, 0.25) is 0 Å². The third-order valence-corrected chi connectivity index (χ3v) is 2.91. The van der Waals surface area contributed by atoms with Gasteiger partial charge in [0, 0.05) is 35.9 Å². The highest BCUT2D eigenvalue weighted by atomic mass is 16.1. The van der Waals surface area contributed by atoms with Crippen LogP contribution < -0.4 is 10.9 Å². The molecule has 2 aromatic heterocycles. The molecule has 5 heteroatoms. The summed E-state index contributed by atoms with van der Waals surface area (Å²) in [5, 5.41) is 11.4. The summed E-state index contributed by atoms with van der Waals surface area (Å²) in [5.74, 6) is 0. The van der Waals surface area contributed by atoms with Crippen molar-refractivity contribution in [1.29, 1.82) is 0 Å². The fourth-order valence-corrected chi connectivity index (χ4v) is 1.95. The highest BCUT2D eigenvalue weighted by Gasteiger charge is 2.08. The van der Waals surface area contributed by atoms with Gasteiger partial charge in [0.2, 0.25) is 5.56 Å². The molecule has 0 saturated heterocycles. The third kappa shape index (κ3) is 1.66. The van der Waals surface area contributed by atoms with Gasteiger partial charge in [-0.1, -0.05) is 0 Å². The van der Waals surface area contributed by atoms with Crippen molar-refractivity contribution in [2.45, 2.75) is 0 Å². The molecule has 0 spiro atoms. The van der Waals surface area contributed by atoms with E-state index in [1.807, 2.05) is 25.2 Å². The van der Waals surface area contributed by atoms with E-state index in [0.29, 0.717) is 0 Å². The molecule has 0 bridgehead atoms. The number of aromatic nitrogens is 3. The van der Waals surface area contributed by atoms with E-state index in [0.717, 1.165) is 27.8 Å². The summed E-state index contributed by atoms with van der Waals surface area (Å²) in [7, 11) is 1.88. The summed E-state index contributed by atoms with van der Waals surface area (Å²) in [6.07, 6.45) is 1.67. The van der Waals surface area contributed by atoms with Gasteiger partial charge in [0.05, 0.1) is 5.52 Å². The van der Waals surface area contributed by atoms with Gasteiger partial charge in [-0.15, -0.1) is 0 Å². The van der Waals surface area contributed by atoms with Gasteiger partial charge in [0.25, 0.3) is 0 Å². The van der Waals surface area contributed by atoms with Crippen molar-refractivity contribution in [3.05, 3.63) is 46.9 Å². The number of nitrogens with one attached hydrogen (secondary N) is 3. The zero-order chi connectivity index (χ0) is 12.5. The summed E-state index contributed by atoms with van der Waals surface area (Å²) < 4.78 is 0. The standard InChI is InChI=1S/C13H12N4O/c1-14-9-3-4-11-10(6-9)13(17-16-11)8-2-5-12(18)15-7-8/h2-7,14H,1H3,(H,15,18)(H,16,17). The zero-order valence-corrected chi connectivity index (χ0v) is 9.82. The van der Waals surface area contributed by atoms with E-state index in [4.69, 9.17) is 0 Å². The number of rotatable bonds is 2. The molecular weight excluding hydrogens is 228 g/mol. The molecule has 0 aliphatic carbocycles. The Morgan fingerprint density at radius 2 is 2.11 bits per heavy atom. The minimum absolute atomic E-state index is 0.116. The van der Waals surface area contributed by atoms with Crippen LogP contribution in [0.5, 0.6) is 0 Å². The number of nitrogens with zero attached hydrogens (tertiary/aromatic N) is 1. The van der Waals surface area contributed by atoms with E-state index in [2.05, 4.69) is 20.5 Å². The molecule has 18 heavy (non-hydrogen) atoms. The van der Waals surface area contributed by atoms with E-state index in [1.54, 1.807) is 12.3 Å². The second-order valence-corrected chi connectivity index (χ2v) is 4.02. The molecule has 3 aromatic rings. The lowest BCUT2D eigenvalue weighted by molar-refractivity contribution is 1.12. The zero-order valence-electron chi connectivity index (χ0n) is 9.82. The maximum Gasteiger partial charge on any atom is 0.247 e. The monoisotopic (exact) mass is 240 g/mol. The number of benzene rings is 1. The Morgan fingerprint density at radius 3 is 2.83 bits per heavy atom. The minimum atomic E-state index is -0.116. The first kappa shape index (κ1) is 10.6. The average Bonchev–Trinajstić information content (AvgIpc) is 2.82. The van der Waals surface area contributed by atoms with Crippen LogP contribution in [0.4, 0.5) is 5.69 Å². The molecule has 90 valence electrons. The summed E-state index contributed by atoms with van der Waals surface area (Å²) in [4.78, 5) is 13.7. The van der Waals surface area contributed by atoms with Gasteiger partial charge in [-0.3, -0.25) is 9.89 Å². The van der Waals surface area contributed by atoms with Gasteiger partial charge in [-0.05, 0) is 24.3 Å². The molecule has 5 nitrogen and oxygen atoms in total. The number of pyridine rings is 1. The fraction of sp³-hybridized carbons (Fsp3) is 0.0769. The van der Waals surface area contributed by atoms with Gasteiger partial charge in [-0.25, -0.2) is 0 Å². The van der Waals surface area contributed by atoms with Crippen molar-refractivity contribution in [1.82, 2.24) is 15.2 Å². The van der Waals surface area contributed by atoms with Gasteiger partial charge in [0.15, 0.2) is 0 Å². The third-order valence-electron chi connectivity index (χ3n) is 2.91. The second kappa shape index (κ2) is 4.03. The van der Waals surface area contributed by atoms with Crippen molar-refractivity contribution in [2.75, 3.05) is 12.4 Å². The Hall–Kier alpha value is -2.56. The van der Waals surface area contributed by atoms with Crippen LogP contribution in [0, 0.1) is 0 Å². The predicted octanol–water partition coefficient (Wildman–Crippen LogP) is 1.96. The van der Waals surface area contributed by atoms with Crippen molar-refractivity contribution in [2.24, 2.45) is 0 Å². The van der Waals surface area contributed by atoms with Crippen molar-refractivity contribution in [3.63, 3.8) is 0 Å². The fourth-order valence-electron chi connectivity index (χ4n) is 1.95. The van der Waals surface area contributed by atoms with Crippen LogP contribution in [0.25, 0.3) is 22.2 Å². The van der Waals surface area contributed by atoms with Crippen LogP contribution in [0.3, 0.4) is 0 Å². The minimum Gasteiger partial charge on any atom is -0.388 e. The van der Waals surface area contributed by atoms with E-state index in [9.17, 15) is 4.79 Å². The van der Waals surface area contributed by atoms with E-state index < -0.39 is 0 Å². The number of aromatic amines is 2. The van der Waals surface area contributed by atoms with E-state index in [-0.39, 0.29) is 5.56 Å². The number of hydrogen-bond donors (Lipinski definition) is 3. The van der Waals surface area contributed by atoms with Gasteiger partial charge in [-0.2, -0.15) is 5.10 Å². The van der Waals surface area contributed by atoms with Gasteiger partial charge < -0.3 is 10.3 Å². The highest BCUT2D eigenvalue weighted by Crippen LogP contribution is 2.27. The van der Waals surface area contributed by atoms with Crippen LogP contribution in [0.15, 0.2) is 41.3 Å². The summed E-state index contributed by atoms with van der Waals surface area (Å²) in [6.45, 7) is 0. The maximum atomic E-state index is 11.1. The summed E-state index contributed by atoms with van der Waals surface area (Å²) in [5.41, 5.74) is 3.59. The number of H-pyrrole nitrogens is 2. The largest absolute Gasteiger partial charge is 0.388 e. The van der Waals surface area contributed by atoms with Crippen LogP contribution in [0.1, 0.15) is 0 Å². The lowest BCUT2D eigenvalue weighted by Gasteiger charge is -2.00. The normalized spacial score (nSPS) is 10.7. The molecule has 3 rings (SSSR count). The van der Waals surface area contributed by atoms with Crippen molar-refractivity contribution >= 4 is 16.6 Å². The summed E-state index contributed by atoms with van der Waals surface area (Å²) in [6, 6.07) is 9.25. The number of anilines is 1. The molecule has 1 aromatic carbocycles. The Morgan fingerprint density at radius 1 is 1.22 bits per heavy atom. The molecule has 0 saturated carbocycles. The quantitative estimate of drug-likeness (QED) is 0.641. The SMILES string of the molecule is CNc1ccc2[nH]nc(-c3ccc(=O)[nH]c3)c2c1. The Bertz CT molecular complexity index is 737.